The number of anilines is 1. The second kappa shape index (κ2) is 3.57. The smallest absolute Gasteiger partial charge is 0.360 e. The van der Waals surface area contributed by atoms with Gasteiger partial charge in [0, 0.05) is 0 Å². The zero-order valence-corrected chi connectivity index (χ0v) is 9.57. The van der Waals surface area contributed by atoms with Crippen molar-refractivity contribution in [2.75, 3.05) is 5.73 Å². The maximum Gasteiger partial charge on any atom is 0.360 e. The Morgan fingerprint density at radius 3 is 2.43 bits per heavy atom. The summed E-state index contributed by atoms with van der Waals surface area (Å²) in [5, 5.41) is 1.18. The van der Waals surface area contributed by atoms with Crippen molar-refractivity contribution in [3.8, 4) is 0 Å². The molecule has 1 aromatic rings. The van der Waals surface area contributed by atoms with Crippen LogP contribution >= 0.6 is 11.3 Å². The van der Waals surface area contributed by atoms with Crippen LogP contribution in [-0.2, 0) is 4.74 Å². The van der Waals surface area contributed by atoms with Crippen LogP contribution in [0, 0.1) is 6.92 Å². The minimum absolute atomic E-state index is 0.224. The molecule has 0 saturated carbocycles. The Labute approximate surface area is 87.1 Å². The monoisotopic (exact) mass is 214 g/mol. The number of carbonyl (C=O) groups excluding carboxylic acids is 1. The first kappa shape index (κ1) is 11.0. The van der Waals surface area contributed by atoms with E-state index in [1.807, 2.05) is 0 Å². The topological polar surface area (TPSA) is 65.2 Å². The molecule has 78 valence electrons. The summed E-state index contributed by atoms with van der Waals surface area (Å²) in [6.07, 6.45) is 0. The van der Waals surface area contributed by atoms with Gasteiger partial charge in [0.1, 0.15) is 10.6 Å². The van der Waals surface area contributed by atoms with E-state index in [-0.39, 0.29) is 5.69 Å². The van der Waals surface area contributed by atoms with Gasteiger partial charge in [0.15, 0.2) is 5.69 Å². The summed E-state index contributed by atoms with van der Waals surface area (Å²) in [4.78, 5) is 15.5. The molecule has 0 bridgehead atoms. The van der Waals surface area contributed by atoms with Crippen LogP contribution in [0.25, 0.3) is 0 Å². The van der Waals surface area contributed by atoms with Gasteiger partial charge in [-0.25, -0.2) is 9.78 Å². The van der Waals surface area contributed by atoms with Crippen LogP contribution in [0.1, 0.15) is 36.3 Å². The van der Waals surface area contributed by atoms with Crippen molar-refractivity contribution >= 4 is 22.3 Å². The fourth-order valence-corrected chi connectivity index (χ4v) is 1.60. The molecule has 0 fully saturated rings. The Bertz CT molecular complexity index is 352. The molecule has 5 heteroatoms. The number of carbonyl (C=O) groups is 1. The highest BCUT2D eigenvalue weighted by Gasteiger charge is 2.22. The molecule has 0 saturated heterocycles. The van der Waals surface area contributed by atoms with E-state index in [2.05, 4.69) is 4.98 Å². The average molecular weight is 214 g/mol. The van der Waals surface area contributed by atoms with Crippen LogP contribution in [0.15, 0.2) is 0 Å². The summed E-state index contributed by atoms with van der Waals surface area (Å²) >= 11 is 1.29. The molecule has 0 aromatic carbocycles. The number of hydrogen-bond acceptors (Lipinski definition) is 5. The molecule has 4 nitrogen and oxygen atoms in total. The second-order valence-electron chi connectivity index (χ2n) is 3.95. The molecule has 0 amide bonds. The molecule has 14 heavy (non-hydrogen) atoms. The van der Waals surface area contributed by atoms with Crippen molar-refractivity contribution in [3.05, 3.63) is 10.7 Å². The van der Waals surface area contributed by atoms with E-state index in [9.17, 15) is 4.79 Å². The van der Waals surface area contributed by atoms with Crippen LogP contribution in [-0.4, -0.2) is 16.6 Å². The number of nitrogens with two attached hydrogens (primary N) is 1. The minimum atomic E-state index is -0.513. The lowest BCUT2D eigenvalue weighted by Crippen LogP contribution is -2.24. The molecule has 0 unspecified atom stereocenters. The minimum Gasteiger partial charge on any atom is -0.455 e. The largest absolute Gasteiger partial charge is 0.455 e. The van der Waals surface area contributed by atoms with Gasteiger partial charge in [0.2, 0.25) is 0 Å². The molecule has 0 aliphatic heterocycles. The van der Waals surface area contributed by atoms with Crippen molar-refractivity contribution in [2.45, 2.75) is 33.3 Å². The number of esters is 1. The number of ether oxygens (including phenoxy) is 1. The fourth-order valence-electron chi connectivity index (χ4n) is 0.915. The predicted octanol–water partition coefficient (Wildman–Crippen LogP) is 1.99. The van der Waals surface area contributed by atoms with Crippen LogP contribution in [0.2, 0.25) is 0 Å². The Kier molecular flexibility index (Phi) is 2.80. The summed E-state index contributed by atoms with van der Waals surface area (Å²) in [5.74, 6) is -0.459. The zero-order chi connectivity index (χ0) is 10.9. The standard InChI is InChI=1S/C9H14N2O2S/c1-5-11-6(7(10)14-5)8(12)13-9(2,3)4/h10H2,1-4H3. The van der Waals surface area contributed by atoms with Gasteiger partial charge in [-0.2, -0.15) is 0 Å². The van der Waals surface area contributed by atoms with Crippen LogP contribution in [0.5, 0.6) is 0 Å². The molecule has 0 spiro atoms. The van der Waals surface area contributed by atoms with Gasteiger partial charge < -0.3 is 10.5 Å². The van der Waals surface area contributed by atoms with Crippen molar-refractivity contribution < 1.29 is 9.53 Å². The van der Waals surface area contributed by atoms with E-state index in [1.54, 1.807) is 27.7 Å². The van der Waals surface area contributed by atoms with Gasteiger partial charge in [-0.3, -0.25) is 0 Å². The summed E-state index contributed by atoms with van der Waals surface area (Å²) in [7, 11) is 0. The van der Waals surface area contributed by atoms with Gasteiger partial charge in [-0.05, 0) is 27.7 Å². The first-order chi connectivity index (χ1) is 6.29. The molecule has 1 heterocycles. The molecule has 0 aliphatic carbocycles. The highest BCUT2D eigenvalue weighted by atomic mass is 32.1. The van der Waals surface area contributed by atoms with E-state index < -0.39 is 11.6 Å². The maximum atomic E-state index is 11.5. The van der Waals surface area contributed by atoms with Crippen molar-refractivity contribution in [1.82, 2.24) is 4.98 Å². The van der Waals surface area contributed by atoms with Gasteiger partial charge in [0.25, 0.3) is 0 Å². The lowest BCUT2D eigenvalue weighted by atomic mass is 10.2. The van der Waals surface area contributed by atoms with E-state index >= 15 is 0 Å². The SMILES string of the molecule is Cc1nc(C(=O)OC(C)(C)C)c(N)s1. The highest BCUT2D eigenvalue weighted by molar-refractivity contribution is 7.15. The number of aromatic nitrogens is 1. The van der Waals surface area contributed by atoms with Gasteiger partial charge >= 0.3 is 5.97 Å². The Balaban J connectivity index is 2.85. The number of thiazole rings is 1. The summed E-state index contributed by atoms with van der Waals surface area (Å²) in [6.45, 7) is 7.22. The molecule has 0 aliphatic rings. The molecular weight excluding hydrogens is 200 g/mol. The third-order valence-electron chi connectivity index (χ3n) is 1.35. The van der Waals surface area contributed by atoms with Gasteiger partial charge in [-0.1, -0.05) is 0 Å². The third-order valence-corrected chi connectivity index (χ3v) is 2.15. The van der Waals surface area contributed by atoms with Crippen LogP contribution in [0.4, 0.5) is 5.00 Å². The van der Waals surface area contributed by atoms with Crippen molar-refractivity contribution in [3.63, 3.8) is 0 Å². The predicted molar refractivity (Wildman–Crippen MR) is 56.4 cm³/mol. The average Bonchev–Trinajstić information content (AvgIpc) is 2.26. The number of aryl methyl sites for hydroxylation is 1. The Hall–Kier alpha value is -1.10. The molecule has 0 radical (unpaired) electrons. The molecule has 1 aromatic heterocycles. The van der Waals surface area contributed by atoms with Crippen molar-refractivity contribution in [1.29, 1.82) is 0 Å². The van der Waals surface area contributed by atoms with E-state index in [4.69, 9.17) is 10.5 Å². The van der Waals surface area contributed by atoms with Crippen LogP contribution < -0.4 is 5.73 Å². The van der Waals surface area contributed by atoms with Gasteiger partial charge in [-0.15, -0.1) is 11.3 Å². The summed E-state index contributed by atoms with van der Waals surface area (Å²) < 4.78 is 5.14. The summed E-state index contributed by atoms with van der Waals surface area (Å²) in [5.41, 5.74) is 5.33. The Morgan fingerprint density at radius 1 is 1.50 bits per heavy atom. The lowest BCUT2D eigenvalue weighted by Gasteiger charge is -2.18. The van der Waals surface area contributed by atoms with E-state index in [0.29, 0.717) is 5.00 Å². The quantitative estimate of drug-likeness (QED) is 0.726. The molecular formula is C9H14N2O2S. The third kappa shape index (κ3) is 2.70. The number of nitrogens with zero attached hydrogens (tertiary/aromatic N) is 1. The Morgan fingerprint density at radius 2 is 2.07 bits per heavy atom. The molecule has 1 rings (SSSR count). The van der Waals surface area contributed by atoms with E-state index in [0.717, 1.165) is 5.01 Å². The molecule has 2 N–H and O–H groups in total. The first-order valence-electron chi connectivity index (χ1n) is 4.26. The normalized spacial score (nSPS) is 11.4. The number of hydrogen-bond donors (Lipinski definition) is 1. The second-order valence-corrected chi connectivity index (χ2v) is 5.18. The maximum absolute atomic E-state index is 11.5. The molecule has 0 atom stereocenters. The van der Waals surface area contributed by atoms with Gasteiger partial charge in [0.05, 0.1) is 5.01 Å². The van der Waals surface area contributed by atoms with Crippen LogP contribution in [0.3, 0.4) is 0 Å². The highest BCUT2D eigenvalue weighted by Crippen LogP contribution is 2.22. The zero-order valence-electron chi connectivity index (χ0n) is 8.75. The van der Waals surface area contributed by atoms with Crippen molar-refractivity contribution in [2.24, 2.45) is 0 Å². The van der Waals surface area contributed by atoms with E-state index in [1.165, 1.54) is 11.3 Å². The fraction of sp³-hybridized carbons (Fsp3) is 0.556. The lowest BCUT2D eigenvalue weighted by molar-refractivity contribution is 0.00648. The first-order valence-corrected chi connectivity index (χ1v) is 5.07. The number of nitrogen functional groups attached to an aromatic ring is 1. The number of rotatable bonds is 1. The summed E-state index contributed by atoms with van der Waals surface area (Å²) in [6, 6.07) is 0.